The molecule has 0 aliphatic carbocycles. The summed E-state index contributed by atoms with van der Waals surface area (Å²) in [4.78, 5) is 0. The fourth-order valence-corrected chi connectivity index (χ4v) is 5.08. The van der Waals surface area contributed by atoms with Gasteiger partial charge in [0.05, 0.1) is 0 Å². The summed E-state index contributed by atoms with van der Waals surface area (Å²) in [5.41, 5.74) is 1.31. The van der Waals surface area contributed by atoms with Crippen molar-refractivity contribution in [2.75, 3.05) is 13.2 Å². The fourth-order valence-electron chi connectivity index (χ4n) is 2.29. The van der Waals surface area contributed by atoms with Crippen molar-refractivity contribution in [2.45, 2.75) is 45.9 Å². The predicted octanol–water partition coefficient (Wildman–Crippen LogP) is 3.31. The van der Waals surface area contributed by atoms with Crippen LogP contribution >= 0.6 is 0 Å². The van der Waals surface area contributed by atoms with Gasteiger partial charge in [0.2, 0.25) is 0 Å². The van der Waals surface area contributed by atoms with Gasteiger partial charge in [0.25, 0.3) is 0 Å². The lowest BCUT2D eigenvalue weighted by atomic mass is 10.2. The molecule has 0 aliphatic heterocycles. The van der Waals surface area contributed by atoms with E-state index in [-0.39, 0.29) is 0 Å². The smallest absolute Gasteiger partial charge is 0.336 e. The van der Waals surface area contributed by atoms with Crippen molar-refractivity contribution < 1.29 is 8.85 Å². The van der Waals surface area contributed by atoms with E-state index in [1.807, 2.05) is 19.9 Å². The van der Waals surface area contributed by atoms with Crippen LogP contribution in [0.3, 0.4) is 0 Å². The molecule has 108 valence electrons. The highest BCUT2D eigenvalue weighted by Crippen LogP contribution is 2.16. The number of hydrogen-bond donors (Lipinski definition) is 1. The van der Waals surface area contributed by atoms with Crippen molar-refractivity contribution in [1.82, 2.24) is 5.32 Å². The van der Waals surface area contributed by atoms with Crippen LogP contribution in [0.2, 0.25) is 12.6 Å². The Balaban J connectivity index is 2.42. The first kappa shape index (κ1) is 16.4. The number of benzene rings is 1. The van der Waals surface area contributed by atoms with E-state index in [2.05, 4.69) is 43.1 Å². The van der Waals surface area contributed by atoms with Crippen molar-refractivity contribution in [1.29, 1.82) is 0 Å². The summed E-state index contributed by atoms with van der Waals surface area (Å²) in [7, 11) is -2.01. The zero-order chi connectivity index (χ0) is 14.1. The van der Waals surface area contributed by atoms with E-state index in [1.54, 1.807) is 0 Å². The van der Waals surface area contributed by atoms with Crippen LogP contribution in [0.25, 0.3) is 0 Å². The lowest BCUT2D eigenvalue weighted by Gasteiger charge is -2.29. The average molecular weight is 281 g/mol. The standard InChI is InChI=1S/C15H27NO2Si/c1-5-17-19(4,18-6-2)13-14(3)16-12-15-10-8-7-9-11-15/h7-11,14,16H,5-6,12-13H2,1-4H3. The third-order valence-corrected chi connectivity index (χ3v) is 6.23. The third-order valence-electron chi connectivity index (χ3n) is 3.07. The molecule has 0 saturated carbocycles. The van der Waals surface area contributed by atoms with Crippen LogP contribution in [0.5, 0.6) is 0 Å². The highest BCUT2D eigenvalue weighted by atomic mass is 28.4. The van der Waals surface area contributed by atoms with E-state index >= 15 is 0 Å². The van der Waals surface area contributed by atoms with Gasteiger partial charge in [-0.15, -0.1) is 0 Å². The molecule has 1 aromatic carbocycles. The van der Waals surface area contributed by atoms with Gasteiger partial charge in [-0.1, -0.05) is 30.3 Å². The minimum Gasteiger partial charge on any atom is -0.395 e. The van der Waals surface area contributed by atoms with Crippen LogP contribution in [0, 0.1) is 0 Å². The first-order chi connectivity index (χ1) is 9.09. The number of hydrogen-bond acceptors (Lipinski definition) is 3. The Kier molecular flexibility index (Phi) is 7.31. The maximum atomic E-state index is 5.87. The highest BCUT2D eigenvalue weighted by Gasteiger charge is 2.32. The second-order valence-corrected chi connectivity index (χ2v) is 8.22. The van der Waals surface area contributed by atoms with E-state index in [0.29, 0.717) is 6.04 Å². The highest BCUT2D eigenvalue weighted by molar-refractivity contribution is 6.66. The van der Waals surface area contributed by atoms with Crippen LogP contribution in [-0.2, 0) is 15.4 Å². The number of rotatable bonds is 9. The van der Waals surface area contributed by atoms with Gasteiger partial charge in [-0.25, -0.2) is 0 Å². The zero-order valence-corrected chi connectivity index (χ0v) is 13.6. The molecular weight excluding hydrogens is 254 g/mol. The Morgan fingerprint density at radius 2 is 1.68 bits per heavy atom. The van der Waals surface area contributed by atoms with Gasteiger partial charge >= 0.3 is 8.56 Å². The van der Waals surface area contributed by atoms with Gasteiger partial charge in [0.15, 0.2) is 0 Å². The molecule has 0 aliphatic rings. The molecule has 1 aromatic rings. The topological polar surface area (TPSA) is 30.5 Å². The van der Waals surface area contributed by atoms with Crippen LogP contribution < -0.4 is 5.32 Å². The molecule has 1 N–H and O–H groups in total. The third kappa shape index (κ3) is 6.34. The summed E-state index contributed by atoms with van der Waals surface area (Å²) in [5, 5.41) is 3.55. The average Bonchev–Trinajstić information content (AvgIpc) is 2.38. The van der Waals surface area contributed by atoms with Gasteiger partial charge < -0.3 is 14.2 Å². The largest absolute Gasteiger partial charge is 0.395 e. The van der Waals surface area contributed by atoms with Gasteiger partial charge in [-0.3, -0.25) is 0 Å². The minimum atomic E-state index is -2.01. The van der Waals surface area contributed by atoms with Gasteiger partial charge in [0.1, 0.15) is 0 Å². The molecule has 0 aromatic heterocycles. The molecule has 0 radical (unpaired) electrons. The minimum absolute atomic E-state index is 0.398. The summed E-state index contributed by atoms with van der Waals surface area (Å²) in [5.74, 6) is 0. The molecule has 19 heavy (non-hydrogen) atoms. The van der Waals surface area contributed by atoms with Gasteiger partial charge in [0, 0.05) is 31.8 Å². The number of nitrogens with one attached hydrogen (secondary N) is 1. The fraction of sp³-hybridized carbons (Fsp3) is 0.600. The summed E-state index contributed by atoms with van der Waals surface area (Å²) >= 11 is 0. The summed E-state index contributed by atoms with van der Waals surface area (Å²) in [6.07, 6.45) is 0. The Morgan fingerprint density at radius 1 is 1.11 bits per heavy atom. The quantitative estimate of drug-likeness (QED) is 0.704. The summed E-state index contributed by atoms with van der Waals surface area (Å²) < 4.78 is 11.7. The van der Waals surface area contributed by atoms with E-state index in [4.69, 9.17) is 8.85 Å². The SMILES string of the molecule is CCO[Si](C)(CC(C)NCc1ccccc1)OCC. The molecule has 0 saturated heterocycles. The van der Waals surface area contributed by atoms with Crippen LogP contribution in [0.1, 0.15) is 26.3 Å². The first-order valence-electron chi connectivity index (χ1n) is 7.15. The monoisotopic (exact) mass is 281 g/mol. The Labute approximate surface area is 118 Å². The van der Waals surface area contributed by atoms with E-state index < -0.39 is 8.56 Å². The zero-order valence-electron chi connectivity index (χ0n) is 12.6. The van der Waals surface area contributed by atoms with Gasteiger partial charge in [-0.05, 0) is 32.9 Å². The molecule has 1 atom stereocenters. The normalized spacial score (nSPS) is 13.5. The molecule has 1 rings (SSSR count). The first-order valence-corrected chi connectivity index (χ1v) is 9.67. The van der Waals surface area contributed by atoms with Crippen molar-refractivity contribution >= 4 is 8.56 Å². The second kappa shape index (κ2) is 8.48. The summed E-state index contributed by atoms with van der Waals surface area (Å²) in [6, 6.07) is 11.8. The lowest BCUT2D eigenvalue weighted by Crippen LogP contribution is -2.44. The van der Waals surface area contributed by atoms with E-state index in [0.717, 1.165) is 25.8 Å². The van der Waals surface area contributed by atoms with Gasteiger partial charge in [-0.2, -0.15) is 0 Å². The van der Waals surface area contributed by atoms with Crippen LogP contribution in [-0.4, -0.2) is 27.8 Å². The molecule has 0 heterocycles. The Hall–Kier alpha value is -0.683. The Morgan fingerprint density at radius 3 is 2.21 bits per heavy atom. The maximum Gasteiger partial charge on any atom is 0.336 e. The van der Waals surface area contributed by atoms with E-state index in [9.17, 15) is 0 Å². The maximum absolute atomic E-state index is 5.87. The molecule has 4 heteroatoms. The van der Waals surface area contributed by atoms with Crippen molar-refractivity contribution in [3.8, 4) is 0 Å². The van der Waals surface area contributed by atoms with Crippen molar-refractivity contribution in [2.24, 2.45) is 0 Å². The molecule has 0 spiro atoms. The second-order valence-electron chi connectivity index (χ2n) is 4.97. The molecule has 1 unspecified atom stereocenters. The molecule has 0 bridgehead atoms. The summed E-state index contributed by atoms with van der Waals surface area (Å²) in [6.45, 7) is 10.8. The predicted molar refractivity (Wildman–Crippen MR) is 82.4 cm³/mol. The van der Waals surface area contributed by atoms with Crippen LogP contribution in [0.4, 0.5) is 0 Å². The Bertz CT molecular complexity index is 339. The molecular formula is C15H27NO2Si. The molecule has 0 amide bonds. The van der Waals surface area contributed by atoms with Crippen LogP contribution in [0.15, 0.2) is 30.3 Å². The van der Waals surface area contributed by atoms with Crippen molar-refractivity contribution in [3.05, 3.63) is 35.9 Å². The van der Waals surface area contributed by atoms with E-state index in [1.165, 1.54) is 5.56 Å². The van der Waals surface area contributed by atoms with Crippen molar-refractivity contribution in [3.63, 3.8) is 0 Å². The molecule has 3 nitrogen and oxygen atoms in total. The molecule has 0 fully saturated rings. The lowest BCUT2D eigenvalue weighted by molar-refractivity contribution is 0.186.